The molecule has 2 aliphatic carbocycles. The zero-order chi connectivity index (χ0) is 21.7. The molecule has 1 aromatic rings. The van der Waals surface area contributed by atoms with Crippen molar-refractivity contribution in [2.45, 2.75) is 89.5 Å². The van der Waals surface area contributed by atoms with Crippen LogP contribution in [0.1, 0.15) is 83.0 Å². The number of hydrogen-bond donors (Lipinski definition) is 1. The molecule has 3 aliphatic rings. The molecule has 6 heteroatoms. The van der Waals surface area contributed by atoms with Crippen molar-refractivity contribution in [1.29, 1.82) is 0 Å². The van der Waals surface area contributed by atoms with Gasteiger partial charge in [0, 0.05) is 17.6 Å². The van der Waals surface area contributed by atoms with Crippen molar-refractivity contribution in [1.82, 2.24) is 10.2 Å². The Kier molecular flexibility index (Phi) is 7.28. The summed E-state index contributed by atoms with van der Waals surface area (Å²) in [5, 5.41) is 3.17. The fraction of sp³-hybridized carbons (Fsp3) is 0.680. The first-order chi connectivity index (χ1) is 15.1. The Morgan fingerprint density at radius 3 is 2.10 bits per heavy atom. The zero-order valence-electron chi connectivity index (χ0n) is 18.7. The lowest BCUT2D eigenvalue weighted by molar-refractivity contribution is -0.231. The number of nitrogens with zero attached hydrogens (tertiary/aromatic N) is 1. The minimum Gasteiger partial charge on any atom is -0.347 e. The van der Waals surface area contributed by atoms with Gasteiger partial charge in [0.15, 0.2) is 6.29 Å². The van der Waals surface area contributed by atoms with Crippen LogP contribution in [-0.2, 0) is 14.3 Å². The number of nitrogens with one attached hydrogen (secondary N) is 1. The van der Waals surface area contributed by atoms with Gasteiger partial charge in [0.25, 0.3) is 0 Å². The lowest BCUT2D eigenvalue weighted by atomic mass is 9.87. The molecule has 0 atom stereocenters. The van der Waals surface area contributed by atoms with Crippen LogP contribution in [0.2, 0.25) is 0 Å². The molecule has 0 spiro atoms. The summed E-state index contributed by atoms with van der Waals surface area (Å²) >= 11 is 0. The van der Waals surface area contributed by atoms with Crippen LogP contribution in [-0.4, -0.2) is 42.1 Å². The first-order valence-corrected chi connectivity index (χ1v) is 12.0. The van der Waals surface area contributed by atoms with Crippen LogP contribution in [0, 0.1) is 5.41 Å². The number of urea groups is 1. The van der Waals surface area contributed by atoms with Crippen LogP contribution in [0.5, 0.6) is 0 Å². The number of hydrogen-bond acceptors (Lipinski definition) is 4. The predicted molar refractivity (Wildman–Crippen MR) is 118 cm³/mol. The first-order valence-electron chi connectivity index (χ1n) is 12.0. The molecule has 1 aromatic carbocycles. The smallest absolute Gasteiger partial charge is 0.324 e. The number of imide groups is 1. The average molecular weight is 429 g/mol. The van der Waals surface area contributed by atoms with Gasteiger partial charge in [-0.3, -0.25) is 9.69 Å². The summed E-state index contributed by atoms with van der Waals surface area (Å²) in [7, 11) is 0. The summed E-state index contributed by atoms with van der Waals surface area (Å²) in [4.78, 5) is 28.6. The van der Waals surface area contributed by atoms with Gasteiger partial charge in [-0.15, -0.1) is 0 Å². The quantitative estimate of drug-likeness (QED) is 0.737. The maximum absolute atomic E-state index is 13.8. The van der Waals surface area contributed by atoms with E-state index in [0.29, 0.717) is 0 Å². The first kappa shape index (κ1) is 22.3. The van der Waals surface area contributed by atoms with Crippen molar-refractivity contribution in [2.75, 3.05) is 13.2 Å². The Hall–Kier alpha value is -1.92. The van der Waals surface area contributed by atoms with Crippen molar-refractivity contribution in [3.05, 3.63) is 35.9 Å². The number of ether oxygens (including phenoxy) is 2. The molecule has 1 saturated heterocycles. The standard InChI is InChI=1S/C25H36N2O4/c1-25(17-30-22(31-18-25)19-11-5-2-6-12-19)23(28)27(21-15-9-4-10-16-21)24(29)26-20-13-7-3-8-14-20/h2,5-6,11-12,20-22H,3-4,7-10,13-18H2,1H3,(H,26,29). The third-order valence-electron chi connectivity index (χ3n) is 7.00. The Morgan fingerprint density at radius 1 is 0.903 bits per heavy atom. The summed E-state index contributed by atoms with van der Waals surface area (Å²) in [6.45, 7) is 2.34. The molecule has 3 fully saturated rings. The molecular formula is C25H36N2O4. The fourth-order valence-electron chi connectivity index (χ4n) is 5.08. The van der Waals surface area contributed by atoms with Gasteiger partial charge in [-0.2, -0.15) is 0 Å². The maximum Gasteiger partial charge on any atom is 0.324 e. The molecule has 2 saturated carbocycles. The predicted octanol–water partition coefficient (Wildman–Crippen LogP) is 4.94. The summed E-state index contributed by atoms with van der Waals surface area (Å²) in [5.74, 6) is -0.167. The third kappa shape index (κ3) is 5.29. The van der Waals surface area contributed by atoms with Crippen molar-refractivity contribution in [2.24, 2.45) is 5.41 Å². The molecule has 1 aliphatic heterocycles. The molecule has 0 aromatic heterocycles. The second-order valence-electron chi connectivity index (χ2n) is 9.68. The van der Waals surface area contributed by atoms with Gasteiger partial charge in [0.05, 0.1) is 18.6 Å². The van der Waals surface area contributed by atoms with Crippen LogP contribution >= 0.6 is 0 Å². The molecule has 6 nitrogen and oxygen atoms in total. The molecular weight excluding hydrogens is 392 g/mol. The zero-order valence-corrected chi connectivity index (χ0v) is 18.7. The summed E-state index contributed by atoms with van der Waals surface area (Å²) < 4.78 is 11.9. The van der Waals surface area contributed by atoms with Gasteiger partial charge < -0.3 is 14.8 Å². The Labute approximate surface area is 185 Å². The molecule has 1 heterocycles. The highest BCUT2D eigenvalue weighted by atomic mass is 16.7. The maximum atomic E-state index is 13.8. The van der Waals surface area contributed by atoms with Crippen molar-refractivity contribution in [3.8, 4) is 0 Å². The van der Waals surface area contributed by atoms with E-state index < -0.39 is 11.7 Å². The number of carbonyl (C=O) groups is 2. The lowest BCUT2D eigenvalue weighted by Crippen LogP contribution is -2.59. The van der Waals surface area contributed by atoms with Gasteiger partial charge in [0.2, 0.25) is 5.91 Å². The van der Waals surface area contributed by atoms with Crippen molar-refractivity contribution in [3.63, 3.8) is 0 Å². The van der Waals surface area contributed by atoms with E-state index in [4.69, 9.17) is 9.47 Å². The second-order valence-corrected chi connectivity index (χ2v) is 9.68. The highest BCUT2D eigenvalue weighted by Crippen LogP contribution is 2.35. The van der Waals surface area contributed by atoms with Gasteiger partial charge in [-0.25, -0.2) is 4.79 Å². The van der Waals surface area contributed by atoms with Crippen LogP contribution in [0.15, 0.2) is 30.3 Å². The van der Waals surface area contributed by atoms with Crippen molar-refractivity contribution < 1.29 is 19.1 Å². The summed E-state index contributed by atoms with van der Waals surface area (Å²) in [5.41, 5.74) is 0.0725. The van der Waals surface area contributed by atoms with Crippen LogP contribution in [0.3, 0.4) is 0 Å². The van der Waals surface area contributed by atoms with Gasteiger partial charge in [0.1, 0.15) is 0 Å². The van der Waals surface area contributed by atoms with Crippen molar-refractivity contribution >= 4 is 11.9 Å². The number of carbonyl (C=O) groups excluding carboxylic acids is 2. The van der Waals surface area contributed by atoms with E-state index in [2.05, 4.69) is 5.32 Å². The third-order valence-corrected chi connectivity index (χ3v) is 7.00. The molecule has 170 valence electrons. The van der Waals surface area contributed by atoms with E-state index >= 15 is 0 Å². The molecule has 0 unspecified atom stereocenters. The summed E-state index contributed by atoms with van der Waals surface area (Å²) in [6.07, 6.45) is 10.1. The number of amides is 3. The monoisotopic (exact) mass is 428 g/mol. The SMILES string of the molecule is CC1(C(=O)N(C(=O)NC2CCCCC2)C2CCCCC2)COC(c2ccccc2)OC1. The van der Waals surface area contributed by atoms with Gasteiger partial charge >= 0.3 is 6.03 Å². The number of benzene rings is 1. The van der Waals surface area contributed by atoms with E-state index in [1.54, 1.807) is 0 Å². The van der Waals surface area contributed by atoms with Crippen LogP contribution < -0.4 is 5.32 Å². The number of rotatable bonds is 4. The minimum absolute atomic E-state index is 0.0338. The Bertz CT molecular complexity index is 733. The molecule has 1 N–H and O–H groups in total. The molecule has 0 bridgehead atoms. The Balaban J connectivity index is 1.46. The van der Waals surface area contributed by atoms with Gasteiger partial charge in [-0.05, 0) is 32.6 Å². The molecule has 31 heavy (non-hydrogen) atoms. The molecule has 0 radical (unpaired) electrons. The molecule has 4 rings (SSSR count). The highest BCUT2D eigenvalue weighted by Gasteiger charge is 2.46. The highest BCUT2D eigenvalue weighted by molar-refractivity contribution is 5.98. The van der Waals surface area contributed by atoms with E-state index in [-0.39, 0.29) is 37.2 Å². The lowest BCUT2D eigenvalue weighted by Gasteiger charge is -2.42. The largest absolute Gasteiger partial charge is 0.347 e. The molecule has 3 amide bonds. The van der Waals surface area contributed by atoms with E-state index in [9.17, 15) is 9.59 Å². The Morgan fingerprint density at radius 2 is 1.48 bits per heavy atom. The van der Waals surface area contributed by atoms with E-state index in [1.165, 1.54) is 17.7 Å². The van der Waals surface area contributed by atoms with Crippen LogP contribution in [0.4, 0.5) is 4.79 Å². The average Bonchev–Trinajstić information content (AvgIpc) is 2.81. The minimum atomic E-state index is -0.868. The van der Waals surface area contributed by atoms with Crippen LogP contribution in [0.25, 0.3) is 0 Å². The second kappa shape index (κ2) is 10.1. The van der Waals surface area contributed by atoms with E-state index in [1.807, 2.05) is 37.3 Å². The topological polar surface area (TPSA) is 67.9 Å². The van der Waals surface area contributed by atoms with Gasteiger partial charge in [-0.1, -0.05) is 68.9 Å². The fourth-order valence-corrected chi connectivity index (χ4v) is 5.08. The van der Waals surface area contributed by atoms with E-state index in [0.717, 1.165) is 56.9 Å². The normalized spacial score (nSPS) is 28.1. The summed E-state index contributed by atoms with van der Waals surface area (Å²) in [6, 6.07) is 9.68.